The molecule has 0 aromatic heterocycles. The average molecular weight is 340 g/mol. The Morgan fingerprint density at radius 2 is 2.10 bits per heavy atom. The maximum Gasteiger partial charge on any atom is 0.242 e. The van der Waals surface area contributed by atoms with Gasteiger partial charge in [-0.2, -0.15) is 0 Å². The maximum absolute atomic E-state index is 12.4. The van der Waals surface area contributed by atoms with Gasteiger partial charge in [-0.1, -0.05) is 23.2 Å². The Morgan fingerprint density at radius 3 is 2.65 bits per heavy atom. The van der Waals surface area contributed by atoms with E-state index in [2.05, 4.69) is 4.72 Å². The predicted molar refractivity (Wildman–Crippen MR) is 76.5 cm³/mol. The summed E-state index contributed by atoms with van der Waals surface area (Å²) in [5.74, 6) is 0. The van der Waals surface area contributed by atoms with Crippen LogP contribution in [0.1, 0.15) is 18.9 Å². The molecule has 1 fully saturated rings. The van der Waals surface area contributed by atoms with Gasteiger partial charge in [-0.3, -0.25) is 0 Å². The molecule has 0 radical (unpaired) electrons. The van der Waals surface area contributed by atoms with Crippen molar-refractivity contribution >= 4 is 33.2 Å². The van der Waals surface area contributed by atoms with E-state index in [0.29, 0.717) is 18.6 Å². The number of aliphatic hydroxyl groups excluding tert-OH is 1. The van der Waals surface area contributed by atoms with Crippen LogP contribution in [-0.4, -0.2) is 32.3 Å². The van der Waals surface area contributed by atoms with Gasteiger partial charge in [-0.25, -0.2) is 13.1 Å². The van der Waals surface area contributed by atoms with Crippen molar-refractivity contribution in [3.8, 4) is 0 Å². The molecule has 0 aliphatic carbocycles. The number of halogens is 2. The van der Waals surface area contributed by atoms with Gasteiger partial charge in [0, 0.05) is 11.6 Å². The smallest absolute Gasteiger partial charge is 0.242 e. The van der Waals surface area contributed by atoms with E-state index in [1.165, 1.54) is 12.1 Å². The van der Waals surface area contributed by atoms with Gasteiger partial charge >= 0.3 is 0 Å². The molecular weight excluding hydrogens is 325 g/mol. The quantitative estimate of drug-likeness (QED) is 0.878. The minimum Gasteiger partial charge on any atom is -0.392 e. The highest BCUT2D eigenvalue weighted by Gasteiger charge is 2.30. The van der Waals surface area contributed by atoms with E-state index in [4.69, 9.17) is 33.0 Å². The van der Waals surface area contributed by atoms with Crippen LogP contribution in [0.4, 0.5) is 0 Å². The lowest BCUT2D eigenvalue weighted by molar-refractivity contribution is 0.117. The zero-order valence-corrected chi connectivity index (χ0v) is 13.1. The molecule has 5 nitrogen and oxygen atoms in total. The first kappa shape index (κ1) is 16.0. The van der Waals surface area contributed by atoms with Crippen molar-refractivity contribution in [1.29, 1.82) is 0 Å². The van der Waals surface area contributed by atoms with Gasteiger partial charge in [0.15, 0.2) is 0 Å². The summed E-state index contributed by atoms with van der Waals surface area (Å²) in [4.78, 5) is -0.0910. The number of ether oxygens (including phenoxy) is 1. The third-order valence-electron chi connectivity index (χ3n) is 3.24. The van der Waals surface area contributed by atoms with E-state index in [1.807, 2.05) is 6.92 Å². The molecule has 1 aromatic rings. The number of benzene rings is 1. The van der Waals surface area contributed by atoms with Crippen LogP contribution in [0.25, 0.3) is 0 Å². The van der Waals surface area contributed by atoms with Crippen LogP contribution in [0, 0.1) is 0 Å². The third kappa shape index (κ3) is 3.27. The zero-order chi connectivity index (χ0) is 14.9. The Kier molecular flexibility index (Phi) is 4.94. The summed E-state index contributed by atoms with van der Waals surface area (Å²) >= 11 is 11.8. The molecule has 2 rings (SSSR count). The van der Waals surface area contributed by atoms with Crippen molar-refractivity contribution in [3.05, 3.63) is 27.7 Å². The Bertz CT molecular complexity index is 606. The van der Waals surface area contributed by atoms with Crippen LogP contribution in [0.5, 0.6) is 0 Å². The second kappa shape index (κ2) is 6.17. The van der Waals surface area contributed by atoms with Crippen molar-refractivity contribution in [2.24, 2.45) is 0 Å². The Hall–Kier alpha value is -0.370. The molecule has 1 heterocycles. The standard InChI is InChI=1S/C12H15Cl2NO4S/c1-7-11(2-3-19-7)15-20(17,18)12-4-8(6-16)9(13)5-10(12)14/h4-5,7,11,15-16H,2-3,6H2,1H3. The van der Waals surface area contributed by atoms with E-state index in [0.717, 1.165) is 0 Å². The fourth-order valence-corrected chi connectivity index (χ4v) is 4.24. The molecule has 2 unspecified atom stereocenters. The summed E-state index contributed by atoms with van der Waals surface area (Å²) in [6.07, 6.45) is 0.423. The highest BCUT2D eigenvalue weighted by Crippen LogP contribution is 2.29. The molecule has 0 bridgehead atoms. The van der Waals surface area contributed by atoms with Crippen molar-refractivity contribution in [3.63, 3.8) is 0 Å². The topological polar surface area (TPSA) is 75.6 Å². The van der Waals surface area contributed by atoms with E-state index in [1.54, 1.807) is 0 Å². The summed E-state index contributed by atoms with van der Waals surface area (Å²) in [5.41, 5.74) is 0.312. The molecule has 0 saturated carbocycles. The van der Waals surface area contributed by atoms with Crippen LogP contribution in [0.15, 0.2) is 17.0 Å². The lowest BCUT2D eigenvalue weighted by Gasteiger charge is -2.17. The van der Waals surface area contributed by atoms with Crippen LogP contribution in [0.2, 0.25) is 10.0 Å². The molecule has 1 aliphatic rings. The number of hydrogen-bond acceptors (Lipinski definition) is 4. The predicted octanol–water partition coefficient (Wildman–Crippen LogP) is 1.94. The largest absolute Gasteiger partial charge is 0.392 e. The molecule has 1 saturated heterocycles. The summed E-state index contributed by atoms with van der Waals surface area (Å²) < 4.78 is 32.6. The highest BCUT2D eigenvalue weighted by atomic mass is 35.5. The first-order valence-electron chi connectivity index (χ1n) is 6.08. The van der Waals surface area contributed by atoms with E-state index < -0.39 is 10.0 Å². The molecule has 0 spiro atoms. The number of nitrogens with one attached hydrogen (secondary N) is 1. The minimum absolute atomic E-state index is 0.0197. The van der Waals surface area contributed by atoms with Crippen LogP contribution in [0.3, 0.4) is 0 Å². The first-order valence-corrected chi connectivity index (χ1v) is 8.32. The van der Waals surface area contributed by atoms with Gasteiger partial charge < -0.3 is 9.84 Å². The number of aliphatic hydroxyl groups is 1. The van der Waals surface area contributed by atoms with Gasteiger partial charge in [0.2, 0.25) is 10.0 Å². The molecule has 2 N–H and O–H groups in total. The number of hydrogen-bond donors (Lipinski definition) is 2. The molecular formula is C12H15Cl2NO4S. The number of sulfonamides is 1. The average Bonchev–Trinajstić information content (AvgIpc) is 2.74. The third-order valence-corrected chi connectivity index (χ3v) is 5.55. The van der Waals surface area contributed by atoms with Crippen molar-refractivity contribution < 1.29 is 18.3 Å². The molecule has 1 aromatic carbocycles. The first-order chi connectivity index (χ1) is 9.35. The fraction of sp³-hybridized carbons (Fsp3) is 0.500. The van der Waals surface area contributed by atoms with E-state index in [-0.39, 0.29) is 33.7 Å². The van der Waals surface area contributed by atoms with E-state index >= 15 is 0 Å². The van der Waals surface area contributed by atoms with Crippen LogP contribution in [-0.2, 0) is 21.4 Å². The van der Waals surface area contributed by atoms with Gasteiger partial charge in [0.1, 0.15) is 4.90 Å². The van der Waals surface area contributed by atoms with E-state index in [9.17, 15) is 8.42 Å². The summed E-state index contributed by atoms with van der Waals surface area (Å²) in [6, 6.07) is 2.31. The van der Waals surface area contributed by atoms with Crippen LogP contribution < -0.4 is 4.72 Å². The summed E-state index contributed by atoms with van der Waals surface area (Å²) in [7, 11) is -3.79. The molecule has 112 valence electrons. The van der Waals surface area contributed by atoms with Crippen LogP contribution >= 0.6 is 23.2 Å². The monoisotopic (exact) mass is 339 g/mol. The second-order valence-corrected chi connectivity index (χ2v) is 7.12. The lowest BCUT2D eigenvalue weighted by atomic mass is 10.2. The fourth-order valence-electron chi connectivity index (χ4n) is 2.05. The molecule has 20 heavy (non-hydrogen) atoms. The van der Waals surface area contributed by atoms with Gasteiger partial charge in [0.25, 0.3) is 0 Å². The zero-order valence-electron chi connectivity index (χ0n) is 10.8. The summed E-state index contributed by atoms with van der Waals surface area (Å²) in [6.45, 7) is 1.97. The minimum atomic E-state index is -3.79. The molecule has 0 amide bonds. The van der Waals surface area contributed by atoms with Crippen molar-refractivity contribution in [2.75, 3.05) is 6.61 Å². The van der Waals surface area contributed by atoms with Gasteiger partial charge in [-0.15, -0.1) is 0 Å². The van der Waals surface area contributed by atoms with Crippen molar-refractivity contribution in [2.45, 2.75) is 37.0 Å². The number of rotatable bonds is 4. The highest BCUT2D eigenvalue weighted by molar-refractivity contribution is 7.89. The van der Waals surface area contributed by atoms with Crippen molar-refractivity contribution in [1.82, 2.24) is 4.72 Å². The maximum atomic E-state index is 12.4. The Labute approximate surface area is 127 Å². The normalized spacial score (nSPS) is 23.2. The van der Waals surface area contributed by atoms with Gasteiger partial charge in [0.05, 0.1) is 23.8 Å². The molecule has 8 heteroatoms. The second-order valence-electron chi connectivity index (χ2n) is 4.62. The Balaban J connectivity index is 2.34. The Morgan fingerprint density at radius 1 is 1.40 bits per heavy atom. The molecule has 2 atom stereocenters. The van der Waals surface area contributed by atoms with Gasteiger partial charge in [-0.05, 0) is 31.0 Å². The molecule has 1 aliphatic heterocycles. The SMILES string of the molecule is CC1OCCC1NS(=O)(=O)c1cc(CO)c(Cl)cc1Cl. The summed E-state index contributed by atoms with van der Waals surface area (Å²) in [5, 5.41) is 9.41. The lowest BCUT2D eigenvalue weighted by Crippen LogP contribution is -2.39.